The summed E-state index contributed by atoms with van der Waals surface area (Å²) in [5.74, 6) is -2.72. The largest absolute Gasteiger partial charge is 0.322 e. The topological polar surface area (TPSA) is 29.1 Å². The molecule has 2 aromatic carbocycles. The summed E-state index contributed by atoms with van der Waals surface area (Å²) >= 11 is 8.64. The number of carbonyl (C=O) groups is 1. The summed E-state index contributed by atoms with van der Waals surface area (Å²) in [4.78, 5) is 11.8. The molecular weight excluding hydrogens is 340 g/mol. The van der Waals surface area contributed by atoms with E-state index in [4.69, 9.17) is 11.6 Å². The molecule has 0 fully saturated rings. The van der Waals surface area contributed by atoms with Crippen molar-refractivity contribution >= 4 is 39.1 Å². The minimum absolute atomic E-state index is 0.227. The SMILES string of the molecule is O=C(Nc1ccc(Cl)cc1)c1c(F)cc(Br)cc1F. The maximum Gasteiger partial charge on any atom is 0.261 e. The standard InChI is InChI=1S/C13H7BrClF2NO/c14-7-5-10(16)12(11(17)6-7)13(19)18-9-3-1-8(15)2-4-9/h1-6H,(H,18,19). The first-order valence-corrected chi connectivity index (χ1v) is 6.36. The second-order valence-electron chi connectivity index (χ2n) is 3.71. The molecular formula is C13H7BrClF2NO. The van der Waals surface area contributed by atoms with Crippen LogP contribution in [-0.2, 0) is 0 Å². The smallest absolute Gasteiger partial charge is 0.261 e. The van der Waals surface area contributed by atoms with E-state index in [0.717, 1.165) is 12.1 Å². The lowest BCUT2D eigenvalue weighted by Gasteiger charge is -2.07. The Balaban J connectivity index is 2.28. The Labute approximate surface area is 121 Å². The van der Waals surface area contributed by atoms with Gasteiger partial charge in [0.1, 0.15) is 17.2 Å². The molecule has 19 heavy (non-hydrogen) atoms. The van der Waals surface area contributed by atoms with Gasteiger partial charge in [-0.1, -0.05) is 27.5 Å². The number of benzene rings is 2. The Morgan fingerprint density at radius 2 is 1.63 bits per heavy atom. The fourth-order valence-corrected chi connectivity index (χ4v) is 2.01. The maximum atomic E-state index is 13.6. The second kappa shape index (κ2) is 5.67. The van der Waals surface area contributed by atoms with E-state index < -0.39 is 23.1 Å². The van der Waals surface area contributed by atoms with Crippen molar-refractivity contribution in [2.75, 3.05) is 5.32 Å². The summed E-state index contributed by atoms with van der Waals surface area (Å²) in [6.45, 7) is 0. The predicted octanol–water partition coefficient (Wildman–Crippen LogP) is 4.63. The van der Waals surface area contributed by atoms with Crippen molar-refractivity contribution in [3.05, 3.63) is 63.1 Å². The molecule has 1 amide bonds. The maximum absolute atomic E-state index is 13.6. The van der Waals surface area contributed by atoms with E-state index in [9.17, 15) is 13.6 Å². The average Bonchev–Trinajstić information content (AvgIpc) is 2.30. The fraction of sp³-hybridized carbons (Fsp3) is 0. The first-order valence-electron chi connectivity index (χ1n) is 5.19. The average molecular weight is 347 g/mol. The van der Waals surface area contributed by atoms with E-state index in [0.29, 0.717) is 10.7 Å². The number of amides is 1. The molecule has 0 heterocycles. The van der Waals surface area contributed by atoms with Crippen molar-refractivity contribution in [1.82, 2.24) is 0 Å². The molecule has 6 heteroatoms. The van der Waals surface area contributed by atoms with Gasteiger partial charge in [-0.05, 0) is 36.4 Å². The Kier molecular flexibility index (Phi) is 4.17. The molecule has 2 aromatic rings. The van der Waals surface area contributed by atoms with Gasteiger partial charge in [-0.15, -0.1) is 0 Å². The molecule has 0 spiro atoms. The molecule has 2 nitrogen and oxygen atoms in total. The molecule has 0 bridgehead atoms. The fourth-order valence-electron chi connectivity index (χ4n) is 1.49. The van der Waals surface area contributed by atoms with E-state index in [1.165, 1.54) is 12.1 Å². The van der Waals surface area contributed by atoms with Crippen molar-refractivity contribution in [2.24, 2.45) is 0 Å². The molecule has 0 unspecified atom stereocenters. The summed E-state index contributed by atoms with van der Waals surface area (Å²) in [5, 5.41) is 2.89. The van der Waals surface area contributed by atoms with E-state index in [2.05, 4.69) is 21.2 Å². The van der Waals surface area contributed by atoms with Crippen LogP contribution >= 0.6 is 27.5 Å². The van der Waals surface area contributed by atoms with Crippen molar-refractivity contribution in [1.29, 1.82) is 0 Å². The van der Waals surface area contributed by atoms with Crippen molar-refractivity contribution in [2.45, 2.75) is 0 Å². The molecule has 2 rings (SSSR count). The predicted molar refractivity (Wildman–Crippen MR) is 73.5 cm³/mol. The molecule has 0 aromatic heterocycles. The van der Waals surface area contributed by atoms with E-state index in [1.807, 2.05) is 0 Å². The minimum atomic E-state index is -0.932. The van der Waals surface area contributed by atoms with E-state index >= 15 is 0 Å². The highest BCUT2D eigenvalue weighted by atomic mass is 79.9. The number of nitrogens with one attached hydrogen (secondary N) is 1. The zero-order chi connectivity index (χ0) is 14.0. The van der Waals surface area contributed by atoms with Crippen LogP contribution in [0.2, 0.25) is 5.02 Å². The lowest BCUT2D eigenvalue weighted by molar-refractivity contribution is 0.101. The third kappa shape index (κ3) is 3.30. The van der Waals surface area contributed by atoms with Crippen LogP contribution in [0.3, 0.4) is 0 Å². The molecule has 0 aliphatic carbocycles. The molecule has 0 atom stereocenters. The summed E-state index contributed by atoms with van der Waals surface area (Å²) in [5.41, 5.74) is -0.228. The Hall–Kier alpha value is -1.46. The highest BCUT2D eigenvalue weighted by Crippen LogP contribution is 2.21. The lowest BCUT2D eigenvalue weighted by atomic mass is 10.2. The Bertz CT molecular complexity index is 608. The van der Waals surface area contributed by atoms with Gasteiger partial charge in [0.15, 0.2) is 0 Å². The van der Waals surface area contributed by atoms with Gasteiger partial charge in [0.2, 0.25) is 0 Å². The van der Waals surface area contributed by atoms with Gasteiger partial charge in [-0.2, -0.15) is 0 Å². The first-order chi connectivity index (χ1) is 8.97. The van der Waals surface area contributed by atoms with Crippen molar-refractivity contribution in [3.8, 4) is 0 Å². The minimum Gasteiger partial charge on any atom is -0.322 e. The zero-order valence-corrected chi connectivity index (χ0v) is 11.7. The first kappa shape index (κ1) is 14.0. The molecule has 0 aliphatic heterocycles. The van der Waals surface area contributed by atoms with Crippen LogP contribution < -0.4 is 5.32 Å². The monoisotopic (exact) mass is 345 g/mol. The second-order valence-corrected chi connectivity index (χ2v) is 5.06. The Morgan fingerprint density at radius 1 is 1.11 bits per heavy atom. The van der Waals surface area contributed by atoms with Gasteiger partial charge in [0.05, 0.1) is 0 Å². The van der Waals surface area contributed by atoms with Gasteiger partial charge < -0.3 is 5.32 Å². The van der Waals surface area contributed by atoms with Gasteiger partial charge in [0.25, 0.3) is 5.91 Å². The molecule has 0 aliphatic rings. The molecule has 1 N–H and O–H groups in total. The van der Waals surface area contributed by atoms with Crippen LogP contribution in [0.4, 0.5) is 14.5 Å². The van der Waals surface area contributed by atoms with Crippen molar-refractivity contribution < 1.29 is 13.6 Å². The highest BCUT2D eigenvalue weighted by Gasteiger charge is 2.18. The van der Waals surface area contributed by atoms with E-state index in [1.54, 1.807) is 12.1 Å². The van der Waals surface area contributed by atoms with Crippen LogP contribution in [0, 0.1) is 11.6 Å². The van der Waals surface area contributed by atoms with Crippen molar-refractivity contribution in [3.63, 3.8) is 0 Å². The summed E-state index contributed by atoms with van der Waals surface area (Å²) in [7, 11) is 0. The lowest BCUT2D eigenvalue weighted by Crippen LogP contribution is -2.15. The summed E-state index contributed by atoms with van der Waals surface area (Å²) in [6, 6.07) is 8.25. The molecule has 0 saturated heterocycles. The van der Waals surface area contributed by atoms with Crippen LogP contribution in [0.25, 0.3) is 0 Å². The van der Waals surface area contributed by atoms with Gasteiger partial charge in [-0.3, -0.25) is 4.79 Å². The molecule has 98 valence electrons. The third-order valence-electron chi connectivity index (χ3n) is 2.34. The van der Waals surface area contributed by atoms with E-state index in [-0.39, 0.29) is 4.47 Å². The Morgan fingerprint density at radius 3 is 2.16 bits per heavy atom. The normalized spacial score (nSPS) is 10.3. The van der Waals surface area contributed by atoms with Gasteiger partial charge in [-0.25, -0.2) is 8.78 Å². The number of carbonyl (C=O) groups excluding carboxylic acids is 1. The number of halogens is 4. The van der Waals surface area contributed by atoms with Crippen LogP contribution in [0.5, 0.6) is 0 Å². The number of anilines is 1. The van der Waals surface area contributed by atoms with Gasteiger partial charge >= 0.3 is 0 Å². The van der Waals surface area contributed by atoms with Crippen LogP contribution in [0.1, 0.15) is 10.4 Å². The highest BCUT2D eigenvalue weighted by molar-refractivity contribution is 9.10. The summed E-state index contributed by atoms with van der Waals surface area (Å²) < 4.78 is 27.4. The quantitative estimate of drug-likeness (QED) is 0.844. The van der Waals surface area contributed by atoms with Crippen LogP contribution in [-0.4, -0.2) is 5.91 Å². The number of hydrogen-bond donors (Lipinski definition) is 1. The third-order valence-corrected chi connectivity index (χ3v) is 3.05. The molecule has 0 saturated carbocycles. The van der Waals surface area contributed by atoms with Gasteiger partial charge in [0, 0.05) is 15.2 Å². The zero-order valence-electron chi connectivity index (χ0n) is 9.38. The summed E-state index contributed by atoms with van der Waals surface area (Å²) in [6.07, 6.45) is 0. The number of hydrogen-bond acceptors (Lipinski definition) is 1. The molecule has 0 radical (unpaired) electrons. The number of rotatable bonds is 2. The van der Waals surface area contributed by atoms with Crippen LogP contribution in [0.15, 0.2) is 40.9 Å².